The minimum atomic E-state index is 0.575. The number of aromatic nitrogens is 2. The van der Waals surface area contributed by atoms with E-state index in [1.807, 2.05) is 6.92 Å². The zero-order valence-electron chi connectivity index (χ0n) is 11.3. The lowest BCUT2D eigenvalue weighted by atomic mass is 10.1. The Morgan fingerprint density at radius 2 is 2.22 bits per heavy atom. The lowest BCUT2D eigenvalue weighted by Gasteiger charge is -2.22. The second-order valence-electron chi connectivity index (χ2n) is 5.45. The topological polar surface area (TPSA) is 41.1 Å². The Labute approximate surface area is 109 Å². The number of rotatable bonds is 3. The van der Waals surface area contributed by atoms with Gasteiger partial charge in [-0.05, 0) is 32.7 Å². The van der Waals surface area contributed by atoms with Crippen LogP contribution in [0.25, 0.3) is 0 Å². The fourth-order valence-corrected chi connectivity index (χ4v) is 3.30. The Hall–Kier alpha value is -1.16. The molecule has 2 fully saturated rings. The largest absolute Gasteiger partial charge is 0.366 e. The lowest BCUT2D eigenvalue weighted by molar-refractivity contribution is 0.318. The summed E-state index contributed by atoms with van der Waals surface area (Å²) in [6.07, 6.45) is 4.83. The van der Waals surface area contributed by atoms with Crippen molar-refractivity contribution in [2.24, 2.45) is 0 Å². The van der Waals surface area contributed by atoms with Crippen molar-refractivity contribution < 1.29 is 0 Å². The van der Waals surface area contributed by atoms with E-state index in [2.05, 4.69) is 33.2 Å². The standard InChI is InChI=1S/C14H22N4/c1-3-13-15-10(2)9-14(17-13)16-11-6-8-18-7-4-5-12(11)18/h9,11-12H,3-8H2,1-2H3,(H,15,16,17). The van der Waals surface area contributed by atoms with Crippen LogP contribution in [0.1, 0.15) is 37.7 Å². The Kier molecular flexibility index (Phi) is 3.20. The van der Waals surface area contributed by atoms with E-state index in [9.17, 15) is 0 Å². The summed E-state index contributed by atoms with van der Waals surface area (Å²) in [5, 5.41) is 3.64. The van der Waals surface area contributed by atoms with Crippen LogP contribution < -0.4 is 5.32 Å². The van der Waals surface area contributed by atoms with Crippen molar-refractivity contribution in [2.45, 2.75) is 51.6 Å². The molecular weight excluding hydrogens is 224 g/mol. The summed E-state index contributed by atoms with van der Waals surface area (Å²) < 4.78 is 0. The number of nitrogens with one attached hydrogen (secondary N) is 1. The molecule has 1 N–H and O–H groups in total. The third-order valence-electron chi connectivity index (χ3n) is 4.16. The summed E-state index contributed by atoms with van der Waals surface area (Å²) >= 11 is 0. The molecule has 3 heterocycles. The number of hydrogen-bond acceptors (Lipinski definition) is 4. The minimum Gasteiger partial charge on any atom is -0.366 e. The van der Waals surface area contributed by atoms with Crippen LogP contribution in [0.2, 0.25) is 0 Å². The monoisotopic (exact) mass is 246 g/mol. The van der Waals surface area contributed by atoms with Crippen LogP contribution >= 0.6 is 0 Å². The third-order valence-corrected chi connectivity index (χ3v) is 4.16. The van der Waals surface area contributed by atoms with Crippen molar-refractivity contribution in [2.75, 3.05) is 18.4 Å². The molecule has 1 aromatic heterocycles. The first-order valence-corrected chi connectivity index (χ1v) is 7.11. The summed E-state index contributed by atoms with van der Waals surface area (Å²) in [4.78, 5) is 11.6. The van der Waals surface area contributed by atoms with E-state index in [0.29, 0.717) is 6.04 Å². The fourth-order valence-electron chi connectivity index (χ4n) is 3.30. The minimum absolute atomic E-state index is 0.575. The van der Waals surface area contributed by atoms with Gasteiger partial charge in [-0.3, -0.25) is 4.90 Å². The fraction of sp³-hybridized carbons (Fsp3) is 0.714. The smallest absolute Gasteiger partial charge is 0.130 e. The van der Waals surface area contributed by atoms with Gasteiger partial charge in [-0.2, -0.15) is 0 Å². The molecule has 0 aliphatic carbocycles. The Morgan fingerprint density at radius 1 is 1.33 bits per heavy atom. The second kappa shape index (κ2) is 4.84. The van der Waals surface area contributed by atoms with E-state index in [4.69, 9.17) is 0 Å². The van der Waals surface area contributed by atoms with Crippen LogP contribution in [0, 0.1) is 6.92 Å². The normalized spacial score (nSPS) is 27.4. The Morgan fingerprint density at radius 3 is 3.06 bits per heavy atom. The van der Waals surface area contributed by atoms with E-state index in [-0.39, 0.29) is 0 Å². The van der Waals surface area contributed by atoms with Crippen molar-refractivity contribution in [3.63, 3.8) is 0 Å². The van der Waals surface area contributed by atoms with Gasteiger partial charge >= 0.3 is 0 Å². The van der Waals surface area contributed by atoms with Gasteiger partial charge < -0.3 is 5.32 Å². The van der Waals surface area contributed by atoms with Crippen LogP contribution in [0.3, 0.4) is 0 Å². The van der Waals surface area contributed by atoms with Gasteiger partial charge in [0, 0.05) is 36.8 Å². The lowest BCUT2D eigenvalue weighted by Crippen LogP contribution is -2.34. The SMILES string of the molecule is CCc1nc(C)cc(NC2CCN3CCCC23)n1. The highest BCUT2D eigenvalue weighted by molar-refractivity contribution is 5.38. The summed E-state index contributed by atoms with van der Waals surface area (Å²) in [6, 6.07) is 3.37. The average molecular weight is 246 g/mol. The highest BCUT2D eigenvalue weighted by Crippen LogP contribution is 2.29. The van der Waals surface area contributed by atoms with Crippen molar-refractivity contribution >= 4 is 5.82 Å². The molecule has 4 heteroatoms. The Balaban J connectivity index is 1.74. The zero-order chi connectivity index (χ0) is 12.5. The van der Waals surface area contributed by atoms with E-state index < -0.39 is 0 Å². The molecule has 0 radical (unpaired) electrons. The van der Waals surface area contributed by atoms with E-state index >= 15 is 0 Å². The molecule has 0 bridgehead atoms. The number of nitrogens with zero attached hydrogens (tertiary/aromatic N) is 3. The van der Waals surface area contributed by atoms with Crippen molar-refractivity contribution in [3.8, 4) is 0 Å². The highest BCUT2D eigenvalue weighted by atomic mass is 15.2. The molecule has 0 aromatic carbocycles. The average Bonchev–Trinajstić information content (AvgIpc) is 2.93. The molecule has 4 nitrogen and oxygen atoms in total. The van der Waals surface area contributed by atoms with Gasteiger partial charge in [0.25, 0.3) is 0 Å². The number of fused-ring (bicyclic) bond motifs is 1. The summed E-state index contributed by atoms with van der Waals surface area (Å²) in [5.74, 6) is 1.96. The molecule has 2 unspecified atom stereocenters. The van der Waals surface area contributed by atoms with Gasteiger partial charge in [0.1, 0.15) is 11.6 Å². The van der Waals surface area contributed by atoms with Crippen LogP contribution in [-0.2, 0) is 6.42 Å². The summed E-state index contributed by atoms with van der Waals surface area (Å²) in [7, 11) is 0. The van der Waals surface area contributed by atoms with Crippen LogP contribution in [0.15, 0.2) is 6.07 Å². The van der Waals surface area contributed by atoms with Gasteiger partial charge in [-0.15, -0.1) is 0 Å². The zero-order valence-corrected chi connectivity index (χ0v) is 11.3. The maximum absolute atomic E-state index is 4.59. The number of aryl methyl sites for hydroxylation is 2. The maximum Gasteiger partial charge on any atom is 0.130 e. The third kappa shape index (κ3) is 2.21. The van der Waals surface area contributed by atoms with E-state index in [1.54, 1.807) is 0 Å². The molecule has 0 spiro atoms. The predicted octanol–water partition coefficient (Wildman–Crippen LogP) is 2.00. The summed E-state index contributed by atoms with van der Waals surface area (Å²) in [6.45, 7) is 6.67. The first-order chi connectivity index (χ1) is 8.76. The van der Waals surface area contributed by atoms with E-state index in [0.717, 1.165) is 29.8 Å². The van der Waals surface area contributed by atoms with Crippen LogP contribution in [0.5, 0.6) is 0 Å². The van der Waals surface area contributed by atoms with Crippen molar-refractivity contribution in [3.05, 3.63) is 17.6 Å². The number of anilines is 1. The molecule has 18 heavy (non-hydrogen) atoms. The molecule has 3 rings (SSSR count). The van der Waals surface area contributed by atoms with Crippen LogP contribution in [0.4, 0.5) is 5.82 Å². The molecular formula is C14H22N4. The molecule has 2 aliphatic heterocycles. The molecule has 0 amide bonds. The second-order valence-corrected chi connectivity index (χ2v) is 5.45. The molecule has 98 valence electrons. The van der Waals surface area contributed by atoms with Crippen molar-refractivity contribution in [1.29, 1.82) is 0 Å². The maximum atomic E-state index is 4.59. The predicted molar refractivity (Wildman–Crippen MR) is 72.8 cm³/mol. The van der Waals surface area contributed by atoms with Gasteiger partial charge in [0.15, 0.2) is 0 Å². The van der Waals surface area contributed by atoms with Gasteiger partial charge in [0.05, 0.1) is 0 Å². The molecule has 2 saturated heterocycles. The van der Waals surface area contributed by atoms with Gasteiger partial charge in [0.2, 0.25) is 0 Å². The van der Waals surface area contributed by atoms with Crippen LogP contribution in [-0.4, -0.2) is 40.0 Å². The number of hydrogen-bond donors (Lipinski definition) is 1. The molecule has 2 aliphatic rings. The van der Waals surface area contributed by atoms with E-state index in [1.165, 1.54) is 32.4 Å². The van der Waals surface area contributed by atoms with Gasteiger partial charge in [-0.25, -0.2) is 9.97 Å². The molecule has 1 aromatic rings. The molecule has 2 atom stereocenters. The molecule has 0 saturated carbocycles. The Bertz CT molecular complexity index is 432. The quantitative estimate of drug-likeness (QED) is 0.885. The summed E-state index contributed by atoms with van der Waals surface area (Å²) in [5.41, 5.74) is 1.06. The van der Waals surface area contributed by atoms with Crippen molar-refractivity contribution in [1.82, 2.24) is 14.9 Å². The highest BCUT2D eigenvalue weighted by Gasteiger charge is 2.37. The van der Waals surface area contributed by atoms with Gasteiger partial charge in [-0.1, -0.05) is 6.92 Å². The first-order valence-electron chi connectivity index (χ1n) is 7.11. The first kappa shape index (κ1) is 11.9.